The van der Waals surface area contributed by atoms with Crippen LogP contribution in [-0.2, 0) is 10.7 Å². The van der Waals surface area contributed by atoms with Gasteiger partial charge in [0.15, 0.2) is 0 Å². The Labute approximate surface area is 93.5 Å². The van der Waals surface area contributed by atoms with Crippen LogP contribution in [0.2, 0.25) is 0 Å². The molecule has 0 aliphatic carbocycles. The number of hydrogen-bond acceptors (Lipinski definition) is 3. The topological polar surface area (TPSA) is 39.2 Å². The third-order valence-electron chi connectivity index (χ3n) is 1.67. The second kappa shape index (κ2) is 6.15. The van der Waals surface area contributed by atoms with Crippen molar-refractivity contribution in [3.8, 4) is 0 Å². The zero-order valence-electron chi connectivity index (χ0n) is 9.75. The molecule has 16 heavy (non-hydrogen) atoms. The number of carbonyl (C=O) groups excluding carboxylic acids is 1. The number of esters is 1. The van der Waals surface area contributed by atoms with Crippen molar-refractivity contribution in [3.63, 3.8) is 0 Å². The first-order chi connectivity index (χ1) is 7.45. The van der Waals surface area contributed by atoms with Crippen LogP contribution in [0.3, 0.4) is 0 Å². The van der Waals surface area contributed by atoms with Crippen LogP contribution < -0.4 is 0 Å². The van der Waals surface area contributed by atoms with Gasteiger partial charge < -0.3 is 4.74 Å². The lowest BCUT2D eigenvalue weighted by Gasteiger charge is -2.10. The van der Waals surface area contributed by atoms with Crippen LogP contribution in [0.25, 0.3) is 0 Å². The van der Waals surface area contributed by atoms with E-state index in [2.05, 4.69) is 9.72 Å². The van der Waals surface area contributed by atoms with Crippen molar-refractivity contribution in [1.29, 1.82) is 0 Å². The van der Waals surface area contributed by atoms with E-state index in [-0.39, 0.29) is 11.1 Å². The Morgan fingerprint density at radius 1 is 1.38 bits per heavy atom. The van der Waals surface area contributed by atoms with Crippen molar-refractivity contribution in [2.75, 3.05) is 7.11 Å². The summed E-state index contributed by atoms with van der Waals surface area (Å²) >= 11 is 0. The number of ether oxygens (including phenoxy) is 1. The molecular formula is C11H15F2NO2. The molecule has 0 unspecified atom stereocenters. The molecule has 0 radical (unpaired) electrons. The van der Waals surface area contributed by atoms with Gasteiger partial charge in [0.25, 0.3) is 5.92 Å². The van der Waals surface area contributed by atoms with Gasteiger partial charge in [0.1, 0.15) is 0 Å². The highest BCUT2D eigenvalue weighted by molar-refractivity contribution is 5.89. The number of aromatic nitrogens is 1. The van der Waals surface area contributed by atoms with Gasteiger partial charge in [-0.25, -0.2) is 13.6 Å². The molecule has 1 heterocycles. The van der Waals surface area contributed by atoms with E-state index in [0.717, 1.165) is 19.2 Å². The second-order valence-electron chi connectivity index (χ2n) is 2.84. The molecule has 1 aromatic rings. The lowest BCUT2D eigenvalue weighted by atomic mass is 10.1. The minimum Gasteiger partial charge on any atom is -0.465 e. The van der Waals surface area contributed by atoms with Crippen molar-refractivity contribution < 1.29 is 18.3 Å². The van der Waals surface area contributed by atoms with E-state index in [1.54, 1.807) is 0 Å². The van der Waals surface area contributed by atoms with Crippen molar-refractivity contribution >= 4 is 5.97 Å². The third kappa shape index (κ3) is 3.92. The zero-order chi connectivity index (χ0) is 12.8. The zero-order valence-corrected chi connectivity index (χ0v) is 9.75. The molecule has 5 heteroatoms. The molecule has 0 fully saturated rings. The van der Waals surface area contributed by atoms with Crippen molar-refractivity contribution in [1.82, 2.24) is 4.98 Å². The maximum atomic E-state index is 12.8. The van der Waals surface area contributed by atoms with E-state index in [4.69, 9.17) is 0 Å². The van der Waals surface area contributed by atoms with Gasteiger partial charge in [-0.05, 0) is 6.07 Å². The Balaban J connectivity index is 0.00000106. The first-order valence-electron chi connectivity index (χ1n) is 4.87. The van der Waals surface area contributed by atoms with Crippen LogP contribution >= 0.6 is 0 Å². The Morgan fingerprint density at radius 2 is 1.94 bits per heavy atom. The van der Waals surface area contributed by atoms with Crippen molar-refractivity contribution in [2.24, 2.45) is 0 Å². The Kier molecular flexibility index (Phi) is 5.56. The Morgan fingerprint density at radius 3 is 2.38 bits per heavy atom. The number of alkyl halides is 2. The number of rotatable bonds is 2. The van der Waals surface area contributed by atoms with Crippen LogP contribution in [0.1, 0.15) is 36.7 Å². The van der Waals surface area contributed by atoms with E-state index in [9.17, 15) is 13.6 Å². The fraction of sp³-hybridized carbons (Fsp3) is 0.455. The lowest BCUT2D eigenvalue weighted by molar-refractivity contribution is 0.0170. The molecule has 1 aromatic heterocycles. The summed E-state index contributed by atoms with van der Waals surface area (Å²) in [6.45, 7) is 4.74. The summed E-state index contributed by atoms with van der Waals surface area (Å²) in [7, 11) is 1.18. The predicted octanol–water partition coefficient (Wildman–Crippen LogP) is 3.01. The van der Waals surface area contributed by atoms with E-state index in [1.165, 1.54) is 13.3 Å². The monoisotopic (exact) mass is 231 g/mol. The molecule has 3 nitrogen and oxygen atoms in total. The normalized spacial score (nSPS) is 10.1. The first kappa shape index (κ1) is 14.5. The molecule has 0 aliphatic rings. The summed E-state index contributed by atoms with van der Waals surface area (Å²) < 4.78 is 30.0. The SMILES string of the molecule is CC.COC(=O)c1cncc(C(C)(F)F)c1. The molecule has 0 atom stereocenters. The van der Waals surface area contributed by atoms with E-state index < -0.39 is 11.9 Å². The van der Waals surface area contributed by atoms with Crippen LogP contribution in [0.4, 0.5) is 8.78 Å². The molecule has 0 bridgehead atoms. The highest BCUT2D eigenvalue weighted by Gasteiger charge is 2.25. The average molecular weight is 231 g/mol. The summed E-state index contributed by atoms with van der Waals surface area (Å²) in [6, 6.07) is 1.07. The summed E-state index contributed by atoms with van der Waals surface area (Å²) in [4.78, 5) is 14.5. The van der Waals surface area contributed by atoms with Crippen LogP contribution in [0, 0.1) is 0 Å². The first-order valence-corrected chi connectivity index (χ1v) is 4.87. The van der Waals surface area contributed by atoms with Gasteiger partial charge in [0.2, 0.25) is 0 Å². The van der Waals surface area contributed by atoms with Gasteiger partial charge in [0.05, 0.1) is 12.7 Å². The molecule has 0 aliphatic heterocycles. The molecular weight excluding hydrogens is 216 g/mol. The number of halogens is 2. The summed E-state index contributed by atoms with van der Waals surface area (Å²) in [6.07, 6.45) is 2.20. The van der Waals surface area contributed by atoms with Gasteiger partial charge in [-0.2, -0.15) is 0 Å². The minimum atomic E-state index is -3.00. The maximum Gasteiger partial charge on any atom is 0.339 e. The van der Waals surface area contributed by atoms with Gasteiger partial charge in [0, 0.05) is 24.9 Å². The predicted molar refractivity (Wildman–Crippen MR) is 56.5 cm³/mol. The molecule has 90 valence electrons. The lowest BCUT2D eigenvalue weighted by Crippen LogP contribution is -2.10. The number of carbonyl (C=O) groups is 1. The number of pyridine rings is 1. The number of hydrogen-bond donors (Lipinski definition) is 0. The summed E-state index contributed by atoms with van der Waals surface area (Å²) in [5.74, 6) is -3.68. The fourth-order valence-electron chi connectivity index (χ4n) is 0.909. The van der Waals surface area contributed by atoms with Crippen LogP contribution in [0.15, 0.2) is 18.5 Å². The number of methoxy groups -OCH3 is 1. The maximum absolute atomic E-state index is 12.8. The smallest absolute Gasteiger partial charge is 0.339 e. The minimum absolute atomic E-state index is 0.0199. The standard InChI is InChI=1S/C9H9F2NO2.C2H6/c1-9(10,11)7-3-6(4-12-5-7)8(13)14-2;1-2/h3-5H,1-2H3;1-2H3. The van der Waals surface area contributed by atoms with Gasteiger partial charge >= 0.3 is 5.97 Å². The molecule has 0 aromatic carbocycles. The highest BCUT2D eigenvalue weighted by atomic mass is 19.3. The van der Waals surface area contributed by atoms with Crippen LogP contribution in [-0.4, -0.2) is 18.1 Å². The van der Waals surface area contributed by atoms with Gasteiger partial charge in [-0.3, -0.25) is 4.98 Å². The largest absolute Gasteiger partial charge is 0.465 e. The fourth-order valence-corrected chi connectivity index (χ4v) is 0.909. The van der Waals surface area contributed by atoms with Crippen LogP contribution in [0.5, 0.6) is 0 Å². The average Bonchev–Trinajstić information content (AvgIpc) is 2.30. The third-order valence-corrected chi connectivity index (χ3v) is 1.67. The molecule has 0 saturated carbocycles. The summed E-state index contributed by atoms with van der Waals surface area (Å²) in [5, 5.41) is 0. The van der Waals surface area contributed by atoms with Crippen molar-refractivity contribution in [2.45, 2.75) is 26.7 Å². The van der Waals surface area contributed by atoms with Crippen molar-refractivity contribution in [3.05, 3.63) is 29.6 Å². The van der Waals surface area contributed by atoms with Gasteiger partial charge in [-0.1, -0.05) is 13.8 Å². The Bertz CT molecular complexity index is 348. The second-order valence-corrected chi connectivity index (χ2v) is 2.84. The molecule has 1 rings (SSSR count). The van der Waals surface area contributed by atoms with E-state index in [0.29, 0.717) is 0 Å². The van der Waals surface area contributed by atoms with E-state index >= 15 is 0 Å². The quantitative estimate of drug-likeness (QED) is 0.734. The van der Waals surface area contributed by atoms with Gasteiger partial charge in [-0.15, -0.1) is 0 Å². The number of nitrogens with zero attached hydrogens (tertiary/aromatic N) is 1. The molecule has 0 spiro atoms. The highest BCUT2D eigenvalue weighted by Crippen LogP contribution is 2.26. The van der Waals surface area contributed by atoms with E-state index in [1.807, 2.05) is 13.8 Å². The molecule has 0 amide bonds. The Hall–Kier alpha value is -1.52. The molecule has 0 saturated heterocycles. The molecule has 0 N–H and O–H groups in total. The summed E-state index contributed by atoms with van der Waals surface area (Å²) in [5.41, 5.74) is -0.285.